The quantitative estimate of drug-likeness (QED) is 0.410. The number of aromatic nitrogens is 4. The van der Waals surface area contributed by atoms with Crippen LogP contribution in [0, 0.1) is 0 Å². The third kappa shape index (κ3) is 4.54. The Kier molecular flexibility index (Phi) is 5.90. The molecule has 0 unspecified atom stereocenters. The first-order valence-electron chi connectivity index (χ1n) is 9.78. The molecule has 0 aliphatic heterocycles. The molecule has 4 heterocycles. The van der Waals surface area contributed by atoms with E-state index in [1.807, 2.05) is 18.3 Å². The fourth-order valence-electron chi connectivity index (χ4n) is 3.36. The van der Waals surface area contributed by atoms with Crippen molar-refractivity contribution in [2.24, 2.45) is 0 Å². The molecule has 0 fully saturated rings. The Bertz CT molecular complexity index is 1260. The molecule has 1 amide bonds. The van der Waals surface area contributed by atoms with Crippen molar-refractivity contribution in [3.8, 4) is 0 Å². The second-order valence-electron chi connectivity index (χ2n) is 7.39. The monoisotopic (exact) mass is 477 g/mol. The van der Waals surface area contributed by atoms with Crippen LogP contribution < -0.4 is 5.32 Å². The van der Waals surface area contributed by atoms with Crippen LogP contribution in [0.4, 0.5) is 5.82 Å². The van der Waals surface area contributed by atoms with Crippen LogP contribution >= 0.6 is 15.9 Å². The Morgan fingerprint density at radius 2 is 1.94 bits per heavy atom. The predicted octanol–water partition coefficient (Wildman–Crippen LogP) is 4.58. The first kappa shape index (κ1) is 20.9. The fourth-order valence-corrected chi connectivity index (χ4v) is 3.60. The minimum Gasteiger partial charge on any atom is -0.344 e. The van der Waals surface area contributed by atoms with Crippen LogP contribution in [0.3, 0.4) is 0 Å². The number of anilines is 1. The van der Waals surface area contributed by atoms with E-state index in [2.05, 4.69) is 54.6 Å². The van der Waals surface area contributed by atoms with Gasteiger partial charge in [-0.15, -0.1) is 0 Å². The van der Waals surface area contributed by atoms with E-state index >= 15 is 0 Å². The summed E-state index contributed by atoms with van der Waals surface area (Å²) in [6, 6.07) is 8.94. The number of rotatable bonds is 6. The lowest BCUT2D eigenvalue weighted by Gasteiger charge is -2.08. The van der Waals surface area contributed by atoms with E-state index in [1.165, 1.54) is 6.20 Å². The zero-order chi connectivity index (χ0) is 22.0. The molecule has 4 rings (SSSR count). The third-order valence-electron chi connectivity index (χ3n) is 4.86. The third-order valence-corrected chi connectivity index (χ3v) is 5.32. The topological polar surface area (TPSA) is 89.8 Å². The second-order valence-corrected chi connectivity index (χ2v) is 8.30. The van der Waals surface area contributed by atoms with Crippen molar-refractivity contribution in [1.82, 2.24) is 19.5 Å². The maximum atomic E-state index is 13.3. The van der Waals surface area contributed by atoms with E-state index in [-0.39, 0.29) is 24.2 Å². The first-order chi connectivity index (χ1) is 14.9. The number of halogens is 1. The Hall–Kier alpha value is -3.39. The van der Waals surface area contributed by atoms with E-state index in [0.29, 0.717) is 22.6 Å². The molecule has 4 aromatic heterocycles. The Labute approximate surface area is 187 Å². The average Bonchev–Trinajstić information content (AvgIpc) is 3.15. The first-order valence-corrected chi connectivity index (χ1v) is 10.6. The summed E-state index contributed by atoms with van der Waals surface area (Å²) in [6.07, 6.45) is 8.55. The molecule has 1 N–H and O–H groups in total. The van der Waals surface area contributed by atoms with Gasteiger partial charge in [0.25, 0.3) is 0 Å². The van der Waals surface area contributed by atoms with Gasteiger partial charge in [0.2, 0.25) is 5.91 Å². The standard InChI is InChI=1S/C23H20BrN5O2/c1-14(2)29-13-19(18-12-25-7-6-20(18)29)23(31)15-5-8-26-21(9-15)28-22(30)10-17-4-3-16(24)11-27-17/h3-9,11-14H,10H2,1-2H3,(H,26,28,30). The number of pyridine rings is 3. The van der Waals surface area contributed by atoms with Gasteiger partial charge in [-0.3, -0.25) is 19.6 Å². The molecule has 0 spiro atoms. The normalized spacial score (nSPS) is 11.1. The molecule has 8 heteroatoms. The van der Waals surface area contributed by atoms with Crippen molar-refractivity contribution in [3.63, 3.8) is 0 Å². The molecule has 0 saturated heterocycles. The smallest absolute Gasteiger partial charge is 0.231 e. The van der Waals surface area contributed by atoms with Crippen LogP contribution in [-0.4, -0.2) is 31.2 Å². The lowest BCUT2D eigenvalue weighted by Crippen LogP contribution is -2.16. The highest BCUT2D eigenvalue weighted by Gasteiger charge is 2.19. The van der Waals surface area contributed by atoms with Crippen molar-refractivity contribution in [2.75, 3.05) is 5.32 Å². The van der Waals surface area contributed by atoms with Gasteiger partial charge in [-0.1, -0.05) is 0 Å². The van der Waals surface area contributed by atoms with Crippen molar-refractivity contribution in [1.29, 1.82) is 0 Å². The number of ketones is 1. The van der Waals surface area contributed by atoms with E-state index in [1.54, 1.807) is 36.8 Å². The van der Waals surface area contributed by atoms with Crippen molar-refractivity contribution >= 4 is 44.3 Å². The largest absolute Gasteiger partial charge is 0.344 e. The molecule has 0 aliphatic carbocycles. The van der Waals surface area contributed by atoms with Gasteiger partial charge in [-0.25, -0.2) is 4.98 Å². The Morgan fingerprint density at radius 3 is 2.68 bits per heavy atom. The maximum Gasteiger partial charge on any atom is 0.231 e. The summed E-state index contributed by atoms with van der Waals surface area (Å²) in [6.45, 7) is 4.13. The van der Waals surface area contributed by atoms with Crippen molar-refractivity contribution in [3.05, 3.63) is 82.6 Å². The van der Waals surface area contributed by atoms with E-state index in [0.717, 1.165) is 15.4 Å². The molecular formula is C23H20BrN5O2. The molecule has 0 aliphatic rings. The van der Waals surface area contributed by atoms with Crippen LogP contribution in [0.2, 0.25) is 0 Å². The van der Waals surface area contributed by atoms with Crippen LogP contribution in [0.1, 0.15) is 41.5 Å². The average molecular weight is 478 g/mol. The zero-order valence-corrected chi connectivity index (χ0v) is 18.6. The molecule has 0 atom stereocenters. The second kappa shape index (κ2) is 8.77. The van der Waals surface area contributed by atoms with Gasteiger partial charge in [0.05, 0.1) is 11.9 Å². The highest BCUT2D eigenvalue weighted by atomic mass is 79.9. The molecule has 31 heavy (non-hydrogen) atoms. The molecule has 0 radical (unpaired) electrons. The van der Waals surface area contributed by atoms with Crippen LogP contribution in [0.15, 0.2) is 65.8 Å². The van der Waals surface area contributed by atoms with Crippen molar-refractivity contribution < 1.29 is 9.59 Å². The molecule has 0 aromatic carbocycles. The molecule has 4 aromatic rings. The number of carbonyl (C=O) groups excluding carboxylic acids is 2. The van der Waals surface area contributed by atoms with Gasteiger partial charge >= 0.3 is 0 Å². The van der Waals surface area contributed by atoms with Crippen molar-refractivity contribution in [2.45, 2.75) is 26.3 Å². The number of fused-ring (bicyclic) bond motifs is 1. The SMILES string of the molecule is CC(C)n1cc(C(=O)c2ccnc(NC(=O)Cc3ccc(Br)cn3)c2)c2cnccc21. The summed E-state index contributed by atoms with van der Waals surface area (Å²) in [7, 11) is 0. The Balaban J connectivity index is 1.57. The Morgan fingerprint density at radius 1 is 1.10 bits per heavy atom. The fraction of sp³-hybridized carbons (Fsp3) is 0.174. The van der Waals surface area contributed by atoms with Gasteiger partial charge in [-0.05, 0) is 60.1 Å². The molecule has 0 saturated carbocycles. The minimum atomic E-state index is -0.257. The molecule has 156 valence electrons. The lowest BCUT2D eigenvalue weighted by molar-refractivity contribution is -0.115. The number of hydrogen-bond donors (Lipinski definition) is 1. The van der Waals surface area contributed by atoms with Gasteiger partial charge in [0.15, 0.2) is 5.78 Å². The summed E-state index contributed by atoms with van der Waals surface area (Å²) in [5, 5.41) is 3.54. The van der Waals surface area contributed by atoms with Crippen LogP contribution in [-0.2, 0) is 11.2 Å². The summed E-state index contributed by atoms with van der Waals surface area (Å²) in [5.74, 6) is -0.0870. The molecule has 7 nitrogen and oxygen atoms in total. The number of carbonyl (C=O) groups is 2. The predicted molar refractivity (Wildman–Crippen MR) is 122 cm³/mol. The number of nitrogens with one attached hydrogen (secondary N) is 1. The van der Waals surface area contributed by atoms with E-state index < -0.39 is 0 Å². The van der Waals surface area contributed by atoms with Gasteiger partial charge in [0, 0.05) is 63.7 Å². The summed E-state index contributed by atoms with van der Waals surface area (Å²) < 4.78 is 2.90. The number of amides is 1. The zero-order valence-electron chi connectivity index (χ0n) is 17.0. The highest BCUT2D eigenvalue weighted by Crippen LogP contribution is 2.26. The van der Waals surface area contributed by atoms with Crippen LogP contribution in [0.5, 0.6) is 0 Å². The van der Waals surface area contributed by atoms with E-state index in [4.69, 9.17) is 0 Å². The van der Waals surface area contributed by atoms with Gasteiger partial charge < -0.3 is 9.88 Å². The molecule has 0 bridgehead atoms. The van der Waals surface area contributed by atoms with Crippen LogP contribution in [0.25, 0.3) is 10.9 Å². The van der Waals surface area contributed by atoms with Gasteiger partial charge in [0.1, 0.15) is 5.82 Å². The number of hydrogen-bond acceptors (Lipinski definition) is 5. The maximum absolute atomic E-state index is 13.3. The summed E-state index contributed by atoms with van der Waals surface area (Å²) in [5.41, 5.74) is 2.61. The summed E-state index contributed by atoms with van der Waals surface area (Å²) >= 11 is 3.32. The highest BCUT2D eigenvalue weighted by molar-refractivity contribution is 9.10. The van der Waals surface area contributed by atoms with E-state index in [9.17, 15) is 9.59 Å². The van der Waals surface area contributed by atoms with Gasteiger partial charge in [-0.2, -0.15) is 0 Å². The number of nitrogens with zero attached hydrogens (tertiary/aromatic N) is 4. The molecular weight excluding hydrogens is 458 g/mol. The minimum absolute atomic E-state index is 0.112. The summed E-state index contributed by atoms with van der Waals surface area (Å²) in [4.78, 5) is 38.2. The lowest BCUT2D eigenvalue weighted by atomic mass is 10.0.